The number of benzene rings is 1. The molecule has 0 atom stereocenters. The maximum Gasteiger partial charge on any atom is 0.226 e. The Balaban J connectivity index is 2.54. The molecule has 94 valence electrons. The van der Waals surface area contributed by atoms with Crippen LogP contribution in [0.2, 0.25) is 0 Å². The molecule has 0 aliphatic heterocycles. The van der Waals surface area contributed by atoms with Gasteiger partial charge in [0.2, 0.25) is 5.91 Å². The van der Waals surface area contributed by atoms with E-state index in [0.717, 1.165) is 23.9 Å². The number of hydrogen-bond donors (Lipinski definition) is 0. The van der Waals surface area contributed by atoms with Gasteiger partial charge in [0.25, 0.3) is 0 Å². The van der Waals surface area contributed by atoms with Crippen LogP contribution in [0.25, 0.3) is 0 Å². The first kappa shape index (κ1) is 14.2. The van der Waals surface area contributed by atoms with Crippen LogP contribution >= 0.6 is 15.9 Å². The van der Waals surface area contributed by atoms with Crippen molar-refractivity contribution in [3.05, 3.63) is 35.6 Å². The highest BCUT2D eigenvalue weighted by Crippen LogP contribution is 2.06. The van der Waals surface area contributed by atoms with Gasteiger partial charge in [0, 0.05) is 18.4 Å². The lowest BCUT2D eigenvalue weighted by molar-refractivity contribution is -0.130. The molecule has 17 heavy (non-hydrogen) atoms. The van der Waals surface area contributed by atoms with Crippen molar-refractivity contribution >= 4 is 21.8 Å². The first-order chi connectivity index (χ1) is 8.17. The maximum atomic E-state index is 12.7. The van der Waals surface area contributed by atoms with Crippen molar-refractivity contribution in [3.8, 4) is 0 Å². The minimum absolute atomic E-state index is 0.0973. The Labute approximate surface area is 110 Å². The summed E-state index contributed by atoms with van der Waals surface area (Å²) in [6, 6.07) is 6.09. The zero-order chi connectivity index (χ0) is 12.7. The smallest absolute Gasteiger partial charge is 0.226 e. The summed E-state index contributed by atoms with van der Waals surface area (Å²) in [5.41, 5.74) is 0.855. The second kappa shape index (κ2) is 7.43. The molecule has 1 rings (SSSR count). The summed E-state index contributed by atoms with van der Waals surface area (Å²) in [6.45, 7) is 3.45. The highest BCUT2D eigenvalue weighted by atomic mass is 79.9. The molecule has 0 N–H and O–H groups in total. The Morgan fingerprint density at radius 3 is 2.53 bits per heavy atom. The number of carbonyl (C=O) groups excluding carboxylic acids is 1. The fourth-order valence-electron chi connectivity index (χ4n) is 1.60. The lowest BCUT2D eigenvalue weighted by Crippen LogP contribution is -2.33. The van der Waals surface area contributed by atoms with Crippen molar-refractivity contribution in [1.82, 2.24) is 4.90 Å². The van der Waals surface area contributed by atoms with Gasteiger partial charge in [-0.1, -0.05) is 28.1 Å². The minimum atomic E-state index is -0.271. The molecule has 0 radical (unpaired) electrons. The van der Waals surface area contributed by atoms with Gasteiger partial charge in [0.1, 0.15) is 5.82 Å². The summed E-state index contributed by atoms with van der Waals surface area (Å²) in [5.74, 6) is -0.173. The maximum absolute atomic E-state index is 12.7. The molecule has 0 aliphatic carbocycles. The lowest BCUT2D eigenvalue weighted by atomic mass is 10.1. The van der Waals surface area contributed by atoms with Crippen molar-refractivity contribution in [2.45, 2.75) is 19.8 Å². The van der Waals surface area contributed by atoms with Crippen LogP contribution in [0.3, 0.4) is 0 Å². The molecule has 1 aromatic carbocycles. The summed E-state index contributed by atoms with van der Waals surface area (Å²) in [6.07, 6.45) is 1.29. The van der Waals surface area contributed by atoms with Gasteiger partial charge in [0.15, 0.2) is 0 Å². The Kier molecular flexibility index (Phi) is 6.19. The minimum Gasteiger partial charge on any atom is -0.343 e. The largest absolute Gasteiger partial charge is 0.343 e. The van der Waals surface area contributed by atoms with Crippen LogP contribution in [0.15, 0.2) is 24.3 Å². The Hall–Kier alpha value is -0.900. The van der Waals surface area contributed by atoms with Gasteiger partial charge in [-0.25, -0.2) is 4.39 Å². The highest BCUT2D eigenvalue weighted by molar-refractivity contribution is 9.09. The molecule has 0 saturated carbocycles. The first-order valence-electron chi connectivity index (χ1n) is 5.75. The molecule has 0 bridgehead atoms. The molecule has 0 spiro atoms. The molecule has 0 unspecified atom stereocenters. The first-order valence-corrected chi connectivity index (χ1v) is 6.87. The molecular formula is C13H17BrFNO. The van der Waals surface area contributed by atoms with Crippen molar-refractivity contribution in [2.75, 3.05) is 18.4 Å². The average molecular weight is 302 g/mol. The second-order valence-corrected chi connectivity index (χ2v) is 4.61. The standard InChI is InChI=1S/C13H17BrFNO/c1-2-16(9-3-8-14)13(17)10-11-4-6-12(15)7-5-11/h4-7H,2-3,8-10H2,1H3. The van der Waals surface area contributed by atoms with Crippen LogP contribution in [-0.2, 0) is 11.2 Å². The van der Waals surface area contributed by atoms with Gasteiger partial charge in [-0.3, -0.25) is 4.79 Å². The van der Waals surface area contributed by atoms with Gasteiger partial charge in [-0.05, 0) is 31.0 Å². The summed E-state index contributed by atoms with van der Waals surface area (Å²) in [7, 11) is 0. The Morgan fingerprint density at radius 1 is 1.35 bits per heavy atom. The van der Waals surface area contributed by atoms with E-state index < -0.39 is 0 Å². The van der Waals surface area contributed by atoms with Gasteiger partial charge < -0.3 is 4.90 Å². The van der Waals surface area contributed by atoms with Gasteiger partial charge in [-0.15, -0.1) is 0 Å². The second-order valence-electron chi connectivity index (χ2n) is 3.82. The number of carbonyl (C=O) groups is 1. The molecule has 0 heterocycles. The van der Waals surface area contributed by atoms with Gasteiger partial charge in [-0.2, -0.15) is 0 Å². The number of hydrogen-bond acceptors (Lipinski definition) is 1. The molecule has 1 aromatic rings. The van der Waals surface area contributed by atoms with E-state index in [1.807, 2.05) is 11.8 Å². The third-order valence-corrected chi connectivity index (χ3v) is 3.13. The molecule has 0 saturated heterocycles. The number of amides is 1. The van der Waals surface area contributed by atoms with E-state index in [9.17, 15) is 9.18 Å². The summed E-state index contributed by atoms with van der Waals surface area (Å²) >= 11 is 3.35. The van der Waals surface area contributed by atoms with E-state index in [1.54, 1.807) is 12.1 Å². The fraction of sp³-hybridized carbons (Fsp3) is 0.462. The topological polar surface area (TPSA) is 20.3 Å². The van der Waals surface area contributed by atoms with Gasteiger partial charge in [0.05, 0.1) is 6.42 Å². The number of nitrogens with zero attached hydrogens (tertiary/aromatic N) is 1. The summed E-state index contributed by atoms with van der Waals surface area (Å²) in [4.78, 5) is 13.8. The monoisotopic (exact) mass is 301 g/mol. The van der Waals surface area contributed by atoms with Crippen molar-refractivity contribution in [2.24, 2.45) is 0 Å². The van der Waals surface area contributed by atoms with E-state index in [2.05, 4.69) is 15.9 Å². The zero-order valence-electron chi connectivity index (χ0n) is 9.96. The summed E-state index contributed by atoms with van der Waals surface area (Å²) < 4.78 is 12.7. The van der Waals surface area contributed by atoms with E-state index >= 15 is 0 Å². The number of alkyl halides is 1. The van der Waals surface area contributed by atoms with Crippen LogP contribution < -0.4 is 0 Å². The van der Waals surface area contributed by atoms with Gasteiger partial charge >= 0.3 is 0 Å². The third-order valence-electron chi connectivity index (χ3n) is 2.56. The van der Waals surface area contributed by atoms with E-state index in [0.29, 0.717) is 13.0 Å². The van der Waals surface area contributed by atoms with E-state index in [1.165, 1.54) is 12.1 Å². The average Bonchev–Trinajstić information content (AvgIpc) is 2.33. The predicted molar refractivity (Wildman–Crippen MR) is 70.8 cm³/mol. The summed E-state index contributed by atoms with van der Waals surface area (Å²) in [5, 5.41) is 0.896. The number of halogens is 2. The fourth-order valence-corrected chi connectivity index (χ4v) is 1.85. The molecular weight excluding hydrogens is 285 g/mol. The molecule has 1 amide bonds. The zero-order valence-corrected chi connectivity index (χ0v) is 11.5. The molecule has 4 heteroatoms. The third kappa shape index (κ3) is 4.86. The Bertz CT molecular complexity index is 353. The number of rotatable bonds is 6. The van der Waals surface area contributed by atoms with Crippen LogP contribution in [0.1, 0.15) is 18.9 Å². The van der Waals surface area contributed by atoms with Crippen molar-refractivity contribution < 1.29 is 9.18 Å². The number of likely N-dealkylation sites (N-methyl/N-ethyl adjacent to an activating group) is 1. The van der Waals surface area contributed by atoms with Crippen molar-refractivity contribution in [1.29, 1.82) is 0 Å². The van der Waals surface area contributed by atoms with Crippen LogP contribution in [-0.4, -0.2) is 29.2 Å². The highest BCUT2D eigenvalue weighted by Gasteiger charge is 2.11. The van der Waals surface area contributed by atoms with E-state index in [-0.39, 0.29) is 11.7 Å². The Morgan fingerprint density at radius 2 is 2.00 bits per heavy atom. The molecule has 0 fully saturated rings. The molecule has 2 nitrogen and oxygen atoms in total. The van der Waals surface area contributed by atoms with Crippen molar-refractivity contribution in [3.63, 3.8) is 0 Å². The van der Waals surface area contributed by atoms with Crippen LogP contribution in [0, 0.1) is 5.82 Å². The quantitative estimate of drug-likeness (QED) is 0.740. The van der Waals surface area contributed by atoms with E-state index in [4.69, 9.17) is 0 Å². The lowest BCUT2D eigenvalue weighted by Gasteiger charge is -2.20. The van der Waals surface area contributed by atoms with Crippen LogP contribution in [0.4, 0.5) is 4.39 Å². The molecule has 0 aliphatic rings. The van der Waals surface area contributed by atoms with Crippen LogP contribution in [0.5, 0.6) is 0 Å². The molecule has 0 aromatic heterocycles. The SMILES string of the molecule is CCN(CCCBr)C(=O)Cc1ccc(F)cc1. The normalized spacial score (nSPS) is 10.3. The predicted octanol–water partition coefficient (Wildman–Crippen LogP) is 3.00.